The summed E-state index contributed by atoms with van der Waals surface area (Å²) in [6, 6.07) is 8.88. The van der Waals surface area contributed by atoms with Crippen LogP contribution in [0.3, 0.4) is 0 Å². The molecule has 1 fully saturated rings. The van der Waals surface area contributed by atoms with Crippen LogP contribution >= 0.6 is 11.6 Å². The molecule has 1 saturated heterocycles. The Morgan fingerprint density at radius 1 is 1.20 bits per heavy atom. The molecule has 11 heteroatoms. The van der Waals surface area contributed by atoms with Gasteiger partial charge in [-0.1, -0.05) is 12.1 Å². The van der Waals surface area contributed by atoms with Crippen LogP contribution in [0.4, 0.5) is 13.2 Å². The molecule has 0 bridgehead atoms. The average molecular weight is 437 g/mol. The molecule has 0 aliphatic carbocycles. The third-order valence-electron chi connectivity index (χ3n) is 4.59. The number of aromatic nitrogens is 2. The molecule has 1 aromatic carbocycles. The molecule has 2 N–H and O–H groups in total. The number of nitrogens with one attached hydrogen (secondary N) is 1. The minimum Gasteiger partial charge on any atom is -0.508 e. The van der Waals surface area contributed by atoms with E-state index < -0.39 is 40.7 Å². The first-order valence-electron chi connectivity index (χ1n) is 8.57. The number of alkyl halides is 4. The number of β-lactam (4-membered cyclic amide) rings is 1. The molecule has 7 nitrogen and oxygen atoms in total. The summed E-state index contributed by atoms with van der Waals surface area (Å²) in [4.78, 5) is 32.1. The second-order valence-electron chi connectivity index (χ2n) is 6.52. The molecule has 1 aliphatic heterocycles. The fourth-order valence-electron chi connectivity index (χ4n) is 3.13. The van der Waals surface area contributed by atoms with Crippen molar-refractivity contribution in [2.75, 3.05) is 0 Å². The van der Waals surface area contributed by atoms with Crippen LogP contribution < -0.4 is 5.43 Å². The summed E-state index contributed by atoms with van der Waals surface area (Å²) < 4.78 is 40.5. The summed E-state index contributed by atoms with van der Waals surface area (Å²) in [7, 11) is 0. The predicted octanol–water partition coefficient (Wildman–Crippen LogP) is 3.19. The van der Waals surface area contributed by atoms with E-state index in [2.05, 4.69) is 15.4 Å². The Morgan fingerprint density at radius 3 is 2.57 bits per heavy atom. The number of phenolic OH excluding ortho intramolecular Hbond substituents is 1. The van der Waals surface area contributed by atoms with Crippen molar-refractivity contribution in [1.29, 1.82) is 0 Å². The maximum atomic E-state index is 13.5. The van der Waals surface area contributed by atoms with Gasteiger partial charge in [-0.25, -0.2) is 15.0 Å². The number of benzene rings is 1. The molecular formula is C19H12ClF3N4O3. The number of aromatic hydroxyl groups is 1. The molecule has 2 unspecified atom stereocenters. The number of rotatable bonds is 3. The number of phenols is 1. The first-order chi connectivity index (χ1) is 14.2. The molecule has 2 amide bonds. The van der Waals surface area contributed by atoms with Gasteiger partial charge < -0.3 is 5.11 Å². The fraction of sp³-hybridized carbons (Fsp3) is 0.158. The van der Waals surface area contributed by atoms with Gasteiger partial charge in [0, 0.05) is 11.6 Å². The SMILES string of the molecule is O=C(NN1C(=O)C(Cl)C1c1ccc(O)cc1)c1cc2cccnc2nc1C(F)(F)F. The average Bonchev–Trinajstić information content (AvgIpc) is 2.72. The smallest absolute Gasteiger partial charge is 0.434 e. The number of halogens is 4. The van der Waals surface area contributed by atoms with Crippen LogP contribution in [0.15, 0.2) is 48.7 Å². The number of hydrogen-bond acceptors (Lipinski definition) is 5. The van der Waals surface area contributed by atoms with Crippen LogP contribution in [0.2, 0.25) is 0 Å². The number of carbonyl (C=O) groups excluding carboxylic acids is 2. The Morgan fingerprint density at radius 2 is 1.90 bits per heavy atom. The van der Waals surface area contributed by atoms with Crippen molar-refractivity contribution in [3.05, 3.63) is 65.5 Å². The Bertz CT molecular complexity index is 1150. The zero-order valence-electron chi connectivity index (χ0n) is 14.9. The number of hydrogen-bond donors (Lipinski definition) is 2. The Labute approximate surface area is 172 Å². The van der Waals surface area contributed by atoms with Gasteiger partial charge in [-0.05, 0) is 35.9 Å². The highest BCUT2D eigenvalue weighted by Crippen LogP contribution is 2.38. The highest BCUT2D eigenvalue weighted by molar-refractivity contribution is 6.33. The van der Waals surface area contributed by atoms with Gasteiger partial charge in [-0.3, -0.25) is 15.0 Å². The molecule has 2 atom stereocenters. The van der Waals surface area contributed by atoms with Crippen LogP contribution in [0.1, 0.15) is 27.7 Å². The standard InChI is InChI=1S/C19H12ClF3N4O3/c20-13-14(9-3-5-11(28)6-4-9)27(18(13)30)26-17(29)12-8-10-2-1-7-24-16(10)25-15(12)19(21,22)23/h1-8,13-14,28H,(H,26,29). The van der Waals surface area contributed by atoms with E-state index in [1.165, 1.54) is 42.6 Å². The molecule has 2 aromatic heterocycles. The van der Waals surface area contributed by atoms with Crippen LogP contribution in [0.5, 0.6) is 5.75 Å². The lowest BCUT2D eigenvalue weighted by molar-refractivity contribution is -0.149. The van der Waals surface area contributed by atoms with Crippen molar-refractivity contribution in [2.45, 2.75) is 17.6 Å². The number of hydrazine groups is 1. The number of amides is 2. The molecule has 3 aromatic rings. The van der Waals surface area contributed by atoms with Crippen LogP contribution in [-0.2, 0) is 11.0 Å². The van der Waals surface area contributed by atoms with Gasteiger partial charge in [0.1, 0.15) is 17.2 Å². The molecule has 3 heterocycles. The minimum atomic E-state index is -4.91. The molecule has 0 radical (unpaired) electrons. The highest BCUT2D eigenvalue weighted by atomic mass is 35.5. The molecule has 30 heavy (non-hydrogen) atoms. The van der Waals surface area contributed by atoms with Gasteiger partial charge in [0.25, 0.3) is 11.8 Å². The van der Waals surface area contributed by atoms with E-state index in [0.717, 1.165) is 11.1 Å². The monoisotopic (exact) mass is 436 g/mol. The minimum absolute atomic E-state index is 0.0169. The summed E-state index contributed by atoms with van der Waals surface area (Å²) in [6.45, 7) is 0. The topological polar surface area (TPSA) is 95.4 Å². The first kappa shape index (κ1) is 19.9. The van der Waals surface area contributed by atoms with E-state index in [1.807, 2.05) is 0 Å². The van der Waals surface area contributed by atoms with Gasteiger partial charge in [-0.15, -0.1) is 11.6 Å². The molecular weight excluding hydrogens is 425 g/mol. The van der Waals surface area contributed by atoms with E-state index >= 15 is 0 Å². The number of pyridine rings is 2. The van der Waals surface area contributed by atoms with Crippen molar-refractivity contribution < 1.29 is 27.9 Å². The Balaban J connectivity index is 1.68. The lowest BCUT2D eigenvalue weighted by Gasteiger charge is -2.44. The third kappa shape index (κ3) is 3.39. The van der Waals surface area contributed by atoms with E-state index in [1.54, 1.807) is 0 Å². The maximum absolute atomic E-state index is 13.5. The van der Waals surface area contributed by atoms with E-state index in [0.29, 0.717) is 5.56 Å². The fourth-order valence-corrected chi connectivity index (χ4v) is 3.50. The maximum Gasteiger partial charge on any atom is 0.434 e. The summed E-state index contributed by atoms with van der Waals surface area (Å²) >= 11 is 6.04. The Hall–Kier alpha value is -3.40. The number of fused-ring (bicyclic) bond motifs is 1. The molecule has 0 spiro atoms. The van der Waals surface area contributed by atoms with Crippen molar-refractivity contribution in [1.82, 2.24) is 20.4 Å². The third-order valence-corrected chi connectivity index (χ3v) is 5.01. The zero-order valence-corrected chi connectivity index (χ0v) is 15.6. The molecule has 0 saturated carbocycles. The van der Waals surface area contributed by atoms with Gasteiger partial charge in [0.2, 0.25) is 0 Å². The molecule has 1 aliphatic rings. The van der Waals surface area contributed by atoms with Crippen LogP contribution in [0.25, 0.3) is 11.0 Å². The van der Waals surface area contributed by atoms with Crippen molar-refractivity contribution >= 4 is 34.4 Å². The van der Waals surface area contributed by atoms with Crippen molar-refractivity contribution in [3.8, 4) is 5.75 Å². The summed E-state index contributed by atoms with van der Waals surface area (Å²) in [6.07, 6.45) is -3.63. The normalized spacial score (nSPS) is 18.9. The number of nitrogens with zero attached hydrogens (tertiary/aromatic N) is 3. The van der Waals surface area contributed by atoms with E-state index in [9.17, 15) is 27.9 Å². The highest BCUT2D eigenvalue weighted by Gasteiger charge is 2.49. The van der Waals surface area contributed by atoms with Crippen LogP contribution in [0, 0.1) is 0 Å². The van der Waals surface area contributed by atoms with E-state index in [4.69, 9.17) is 11.6 Å². The van der Waals surface area contributed by atoms with Gasteiger partial charge in [-0.2, -0.15) is 13.2 Å². The molecule has 154 valence electrons. The quantitative estimate of drug-likeness (QED) is 0.485. The molecule has 4 rings (SSSR count). The first-order valence-corrected chi connectivity index (χ1v) is 9.00. The van der Waals surface area contributed by atoms with Gasteiger partial charge in [0.15, 0.2) is 11.3 Å². The predicted molar refractivity (Wildman–Crippen MR) is 99.3 cm³/mol. The summed E-state index contributed by atoms with van der Waals surface area (Å²) in [5.41, 5.74) is 0.353. The largest absolute Gasteiger partial charge is 0.508 e. The van der Waals surface area contributed by atoms with Crippen molar-refractivity contribution in [2.24, 2.45) is 0 Å². The number of carbonyl (C=O) groups is 2. The summed E-state index contributed by atoms with van der Waals surface area (Å²) in [5.74, 6) is -1.86. The second-order valence-corrected chi connectivity index (χ2v) is 6.99. The second kappa shape index (κ2) is 7.13. The Kier molecular flexibility index (Phi) is 4.73. The van der Waals surface area contributed by atoms with E-state index in [-0.39, 0.29) is 16.8 Å². The zero-order chi connectivity index (χ0) is 21.6. The lowest BCUT2D eigenvalue weighted by Crippen LogP contribution is -2.63. The van der Waals surface area contributed by atoms with Gasteiger partial charge >= 0.3 is 6.18 Å². The lowest BCUT2D eigenvalue weighted by atomic mass is 9.95. The van der Waals surface area contributed by atoms with Gasteiger partial charge in [0.05, 0.1) is 5.56 Å². The summed E-state index contributed by atoms with van der Waals surface area (Å²) in [5, 5.41) is 9.47. The van der Waals surface area contributed by atoms with Crippen molar-refractivity contribution in [3.63, 3.8) is 0 Å². The van der Waals surface area contributed by atoms with Crippen LogP contribution in [-0.4, -0.2) is 37.3 Å².